The van der Waals surface area contributed by atoms with Gasteiger partial charge in [0.15, 0.2) is 0 Å². The number of halogens is 1. The minimum absolute atomic E-state index is 0.157. The highest BCUT2D eigenvalue weighted by atomic mass is 79.9. The molecule has 0 saturated heterocycles. The molecule has 0 aliphatic rings. The van der Waals surface area contributed by atoms with Crippen molar-refractivity contribution in [1.82, 2.24) is 4.98 Å². The third-order valence-corrected chi connectivity index (χ3v) is 3.17. The number of hydrogen-bond donors (Lipinski definition) is 1. The van der Waals surface area contributed by atoms with Crippen LogP contribution in [0.3, 0.4) is 0 Å². The van der Waals surface area contributed by atoms with Crippen LogP contribution >= 0.6 is 15.9 Å². The van der Waals surface area contributed by atoms with E-state index in [4.69, 9.17) is 0 Å². The zero-order chi connectivity index (χ0) is 13.1. The van der Waals surface area contributed by atoms with Crippen molar-refractivity contribution in [1.29, 1.82) is 0 Å². The number of aromatic nitrogens is 1. The lowest BCUT2D eigenvalue weighted by Gasteiger charge is -2.08. The summed E-state index contributed by atoms with van der Waals surface area (Å²) in [5, 5.41) is 2.86. The average Bonchev–Trinajstić information content (AvgIpc) is 2.32. The number of anilines is 1. The first-order chi connectivity index (χ1) is 8.56. The van der Waals surface area contributed by atoms with Crippen LogP contribution in [-0.4, -0.2) is 10.9 Å². The molecule has 1 amide bonds. The molecule has 18 heavy (non-hydrogen) atoms. The molecule has 1 N–H and O–H groups in total. The predicted octanol–water partition coefficient (Wildman–Crippen LogP) is 3.71. The molecule has 92 valence electrons. The highest BCUT2D eigenvalue weighted by Crippen LogP contribution is 2.23. The summed E-state index contributed by atoms with van der Waals surface area (Å²) in [5.41, 5.74) is 3.41. The van der Waals surface area contributed by atoms with Gasteiger partial charge in [0, 0.05) is 16.9 Å². The number of carbonyl (C=O) groups excluding carboxylic acids is 1. The van der Waals surface area contributed by atoms with Gasteiger partial charge in [0.05, 0.1) is 11.3 Å². The van der Waals surface area contributed by atoms with E-state index in [2.05, 4.69) is 26.2 Å². The van der Waals surface area contributed by atoms with E-state index < -0.39 is 0 Å². The number of benzene rings is 1. The van der Waals surface area contributed by atoms with Crippen LogP contribution in [0.2, 0.25) is 0 Å². The SMILES string of the molecule is Cc1cncc(C(=O)Nc2ccc(C)cc2Br)c1. The molecule has 3 nitrogen and oxygen atoms in total. The van der Waals surface area contributed by atoms with Gasteiger partial charge in [-0.15, -0.1) is 0 Å². The molecule has 0 aliphatic heterocycles. The van der Waals surface area contributed by atoms with Crippen LogP contribution in [0.4, 0.5) is 5.69 Å². The Morgan fingerprint density at radius 2 is 1.94 bits per heavy atom. The van der Waals surface area contributed by atoms with Crippen LogP contribution in [0, 0.1) is 13.8 Å². The summed E-state index contributed by atoms with van der Waals surface area (Å²) < 4.78 is 0.872. The Labute approximate surface area is 114 Å². The second kappa shape index (κ2) is 5.31. The van der Waals surface area contributed by atoms with Crippen molar-refractivity contribution in [2.45, 2.75) is 13.8 Å². The van der Waals surface area contributed by atoms with E-state index in [1.165, 1.54) is 0 Å². The van der Waals surface area contributed by atoms with Crippen molar-refractivity contribution in [3.05, 3.63) is 57.8 Å². The van der Waals surface area contributed by atoms with E-state index in [0.29, 0.717) is 5.56 Å². The first-order valence-electron chi connectivity index (χ1n) is 5.55. The minimum Gasteiger partial charge on any atom is -0.321 e. The van der Waals surface area contributed by atoms with Crippen molar-refractivity contribution in [2.24, 2.45) is 0 Å². The number of nitrogens with one attached hydrogen (secondary N) is 1. The molecule has 0 bridgehead atoms. The summed E-state index contributed by atoms with van der Waals surface area (Å²) in [4.78, 5) is 16.0. The van der Waals surface area contributed by atoms with Crippen LogP contribution in [0.25, 0.3) is 0 Å². The normalized spacial score (nSPS) is 10.2. The van der Waals surface area contributed by atoms with Crippen LogP contribution in [0.1, 0.15) is 21.5 Å². The molecule has 0 saturated carbocycles. The van der Waals surface area contributed by atoms with E-state index in [9.17, 15) is 4.79 Å². The van der Waals surface area contributed by atoms with Gasteiger partial charge in [-0.05, 0) is 59.1 Å². The first kappa shape index (κ1) is 12.8. The Hall–Kier alpha value is -1.68. The molecule has 2 rings (SSSR count). The van der Waals surface area contributed by atoms with E-state index in [1.54, 1.807) is 12.4 Å². The first-order valence-corrected chi connectivity index (χ1v) is 6.35. The zero-order valence-electron chi connectivity index (χ0n) is 10.2. The molecule has 0 aliphatic carbocycles. The maximum atomic E-state index is 12.0. The molecule has 4 heteroatoms. The number of pyridine rings is 1. The lowest BCUT2D eigenvalue weighted by molar-refractivity contribution is 0.102. The van der Waals surface area contributed by atoms with Crippen molar-refractivity contribution in [2.75, 3.05) is 5.32 Å². The van der Waals surface area contributed by atoms with Gasteiger partial charge in [-0.25, -0.2) is 0 Å². The van der Waals surface area contributed by atoms with Gasteiger partial charge in [0.2, 0.25) is 0 Å². The van der Waals surface area contributed by atoms with Gasteiger partial charge in [0.1, 0.15) is 0 Å². The number of carbonyl (C=O) groups is 1. The maximum absolute atomic E-state index is 12.0. The summed E-state index contributed by atoms with van der Waals surface area (Å²) in [5.74, 6) is -0.157. The van der Waals surface area contributed by atoms with Gasteiger partial charge in [-0.1, -0.05) is 6.07 Å². The summed E-state index contributed by atoms with van der Waals surface area (Å²) >= 11 is 3.43. The molecule has 0 fully saturated rings. The molecular formula is C14H13BrN2O. The second-order valence-electron chi connectivity index (χ2n) is 4.19. The molecule has 1 heterocycles. The number of hydrogen-bond acceptors (Lipinski definition) is 2. The molecule has 0 radical (unpaired) electrons. The monoisotopic (exact) mass is 304 g/mol. The number of nitrogens with zero attached hydrogens (tertiary/aromatic N) is 1. The molecule has 1 aromatic heterocycles. The molecule has 0 spiro atoms. The van der Waals surface area contributed by atoms with Crippen molar-refractivity contribution >= 4 is 27.5 Å². The number of aryl methyl sites for hydroxylation is 2. The van der Waals surface area contributed by atoms with Crippen molar-refractivity contribution in [3.63, 3.8) is 0 Å². The second-order valence-corrected chi connectivity index (χ2v) is 5.04. The van der Waals surface area contributed by atoms with E-state index >= 15 is 0 Å². The lowest BCUT2D eigenvalue weighted by Crippen LogP contribution is -2.12. The van der Waals surface area contributed by atoms with Gasteiger partial charge in [0.25, 0.3) is 5.91 Å². The van der Waals surface area contributed by atoms with Gasteiger partial charge < -0.3 is 5.32 Å². The highest BCUT2D eigenvalue weighted by Gasteiger charge is 2.08. The molecule has 0 unspecified atom stereocenters. The Bertz CT molecular complexity index is 596. The molecule has 1 aromatic carbocycles. The molecular weight excluding hydrogens is 292 g/mol. The van der Waals surface area contributed by atoms with Gasteiger partial charge >= 0.3 is 0 Å². The van der Waals surface area contributed by atoms with E-state index in [-0.39, 0.29) is 5.91 Å². The topological polar surface area (TPSA) is 42.0 Å². The standard InChI is InChI=1S/C14H13BrN2O/c1-9-3-4-13(12(15)6-9)17-14(18)11-5-10(2)7-16-8-11/h3-8H,1-2H3,(H,17,18). The quantitative estimate of drug-likeness (QED) is 0.919. The van der Waals surface area contributed by atoms with Crippen LogP contribution in [0.5, 0.6) is 0 Å². The lowest BCUT2D eigenvalue weighted by atomic mass is 10.2. The predicted molar refractivity (Wildman–Crippen MR) is 75.8 cm³/mol. The third kappa shape index (κ3) is 2.96. The average molecular weight is 305 g/mol. The maximum Gasteiger partial charge on any atom is 0.257 e. The Morgan fingerprint density at radius 1 is 1.17 bits per heavy atom. The Morgan fingerprint density at radius 3 is 2.61 bits per heavy atom. The van der Waals surface area contributed by atoms with Crippen LogP contribution in [0.15, 0.2) is 41.1 Å². The van der Waals surface area contributed by atoms with Crippen molar-refractivity contribution in [3.8, 4) is 0 Å². The number of rotatable bonds is 2. The highest BCUT2D eigenvalue weighted by molar-refractivity contribution is 9.10. The van der Waals surface area contributed by atoms with Crippen molar-refractivity contribution < 1.29 is 4.79 Å². The summed E-state index contributed by atoms with van der Waals surface area (Å²) in [6.07, 6.45) is 3.28. The van der Waals surface area contributed by atoms with E-state index in [0.717, 1.165) is 21.3 Å². The molecule has 0 atom stereocenters. The van der Waals surface area contributed by atoms with Gasteiger partial charge in [-0.2, -0.15) is 0 Å². The molecule has 2 aromatic rings. The third-order valence-electron chi connectivity index (χ3n) is 2.51. The Kier molecular flexibility index (Phi) is 3.77. The fraction of sp³-hybridized carbons (Fsp3) is 0.143. The smallest absolute Gasteiger partial charge is 0.257 e. The fourth-order valence-corrected chi connectivity index (χ4v) is 2.19. The summed E-state index contributed by atoms with van der Waals surface area (Å²) in [7, 11) is 0. The summed E-state index contributed by atoms with van der Waals surface area (Å²) in [6, 6.07) is 7.60. The minimum atomic E-state index is -0.157. The summed E-state index contributed by atoms with van der Waals surface area (Å²) in [6.45, 7) is 3.91. The Balaban J connectivity index is 2.21. The van der Waals surface area contributed by atoms with Crippen LogP contribution in [-0.2, 0) is 0 Å². The number of amides is 1. The van der Waals surface area contributed by atoms with Gasteiger partial charge in [-0.3, -0.25) is 9.78 Å². The fourth-order valence-electron chi connectivity index (χ4n) is 1.60. The zero-order valence-corrected chi connectivity index (χ0v) is 11.8. The van der Waals surface area contributed by atoms with E-state index in [1.807, 2.05) is 38.1 Å². The largest absolute Gasteiger partial charge is 0.321 e. The van der Waals surface area contributed by atoms with Crippen LogP contribution < -0.4 is 5.32 Å².